The third-order valence-corrected chi connectivity index (χ3v) is 5.43. The van der Waals surface area contributed by atoms with E-state index in [1.807, 2.05) is 0 Å². The summed E-state index contributed by atoms with van der Waals surface area (Å²) in [6, 6.07) is 13.4. The molecule has 3 heterocycles. The first kappa shape index (κ1) is 19.8. The van der Waals surface area contributed by atoms with Gasteiger partial charge in [-0.2, -0.15) is 4.98 Å². The van der Waals surface area contributed by atoms with Crippen LogP contribution in [0.4, 0.5) is 4.79 Å². The van der Waals surface area contributed by atoms with Crippen molar-refractivity contribution >= 4 is 23.5 Å². The van der Waals surface area contributed by atoms with E-state index >= 15 is 0 Å². The van der Waals surface area contributed by atoms with E-state index in [4.69, 9.17) is 16.1 Å². The molecule has 3 amide bonds. The molecule has 2 aromatic carbocycles. The van der Waals surface area contributed by atoms with Gasteiger partial charge in [-0.05, 0) is 59.3 Å². The van der Waals surface area contributed by atoms with E-state index in [0.29, 0.717) is 27.7 Å². The van der Waals surface area contributed by atoms with Crippen LogP contribution in [0.5, 0.6) is 0 Å². The minimum Gasteiger partial charge on any atom is -0.337 e. The number of hydrogen-bond acceptors (Lipinski definition) is 8. The standard InChI is InChI=1S/C20H15ClN8O3/c1-20(13-3-2-4-15(9-13)29-11-22-26-27-29)18(30)28(19(31)24-20)10-16-23-17(25-32-16)12-5-7-14(21)8-6-12/h2-9,11H,10H2,1H3,(H,24,31)/t20-/m1/s1. The molecule has 1 fully saturated rings. The zero-order valence-corrected chi connectivity index (χ0v) is 17.4. The third kappa shape index (κ3) is 3.38. The van der Waals surface area contributed by atoms with Crippen molar-refractivity contribution in [2.24, 2.45) is 0 Å². The van der Waals surface area contributed by atoms with Crippen LogP contribution in [0, 0.1) is 0 Å². The molecule has 0 bridgehead atoms. The van der Waals surface area contributed by atoms with E-state index in [2.05, 4.69) is 31.0 Å². The fraction of sp³-hybridized carbons (Fsp3) is 0.150. The highest BCUT2D eigenvalue weighted by molar-refractivity contribution is 6.30. The Hall–Kier alpha value is -4.12. The average molecular weight is 451 g/mol. The van der Waals surface area contributed by atoms with Crippen LogP contribution >= 0.6 is 11.6 Å². The number of carbonyl (C=O) groups excluding carboxylic acids is 2. The maximum Gasteiger partial charge on any atom is 0.325 e. The molecule has 0 unspecified atom stereocenters. The summed E-state index contributed by atoms with van der Waals surface area (Å²) in [6.07, 6.45) is 1.44. The minimum atomic E-state index is -1.28. The number of tetrazole rings is 1. The molecule has 1 N–H and O–H groups in total. The van der Waals surface area contributed by atoms with E-state index in [9.17, 15) is 9.59 Å². The lowest BCUT2D eigenvalue weighted by Crippen LogP contribution is -2.40. The molecule has 1 aliphatic heterocycles. The Morgan fingerprint density at radius 2 is 1.97 bits per heavy atom. The van der Waals surface area contributed by atoms with E-state index < -0.39 is 17.5 Å². The Labute approximate surface area is 186 Å². The van der Waals surface area contributed by atoms with Gasteiger partial charge in [0.15, 0.2) is 0 Å². The molecule has 2 aromatic heterocycles. The van der Waals surface area contributed by atoms with Gasteiger partial charge in [0.25, 0.3) is 5.91 Å². The van der Waals surface area contributed by atoms with Gasteiger partial charge in [-0.25, -0.2) is 9.48 Å². The zero-order chi connectivity index (χ0) is 22.3. The zero-order valence-electron chi connectivity index (χ0n) is 16.6. The number of benzene rings is 2. The van der Waals surface area contributed by atoms with Gasteiger partial charge in [0, 0.05) is 10.6 Å². The SMILES string of the molecule is C[C@]1(c2cccc(-n3cnnn3)c2)NC(=O)N(Cc2nc(-c3ccc(Cl)cc3)no2)C1=O. The number of halogens is 1. The first-order chi connectivity index (χ1) is 15.4. The second kappa shape index (κ2) is 7.54. The molecule has 1 saturated heterocycles. The van der Waals surface area contributed by atoms with Crippen molar-refractivity contribution in [3.05, 3.63) is 71.3 Å². The highest BCUT2D eigenvalue weighted by atomic mass is 35.5. The van der Waals surface area contributed by atoms with Crippen molar-refractivity contribution in [3.8, 4) is 17.1 Å². The molecular formula is C20H15ClN8O3. The Morgan fingerprint density at radius 1 is 1.16 bits per heavy atom. The number of rotatable bonds is 5. The van der Waals surface area contributed by atoms with Crippen LogP contribution in [-0.4, -0.2) is 47.2 Å². The van der Waals surface area contributed by atoms with Crippen molar-refractivity contribution < 1.29 is 14.1 Å². The predicted octanol–water partition coefficient (Wildman–Crippen LogP) is 2.33. The number of amides is 3. The van der Waals surface area contributed by atoms with Crippen LogP contribution in [0.1, 0.15) is 18.4 Å². The van der Waals surface area contributed by atoms with Gasteiger partial charge >= 0.3 is 6.03 Å². The van der Waals surface area contributed by atoms with Gasteiger partial charge < -0.3 is 9.84 Å². The van der Waals surface area contributed by atoms with Crippen LogP contribution in [0.15, 0.2) is 59.4 Å². The maximum atomic E-state index is 13.2. The van der Waals surface area contributed by atoms with Gasteiger partial charge in [-0.1, -0.05) is 28.9 Å². The lowest BCUT2D eigenvalue weighted by atomic mass is 9.91. The molecule has 0 spiro atoms. The van der Waals surface area contributed by atoms with Crippen LogP contribution in [0.3, 0.4) is 0 Å². The first-order valence-corrected chi connectivity index (χ1v) is 9.88. The summed E-state index contributed by atoms with van der Waals surface area (Å²) in [5, 5.41) is 18.3. The Bertz CT molecular complexity index is 1300. The fourth-order valence-corrected chi connectivity index (χ4v) is 3.57. The summed E-state index contributed by atoms with van der Waals surface area (Å²) in [5.41, 5.74) is 0.656. The molecule has 0 aliphatic carbocycles. The summed E-state index contributed by atoms with van der Waals surface area (Å²) in [5.74, 6) is 0.0216. The summed E-state index contributed by atoms with van der Waals surface area (Å²) >= 11 is 5.90. The first-order valence-electron chi connectivity index (χ1n) is 9.50. The number of imide groups is 1. The number of urea groups is 1. The predicted molar refractivity (Wildman–Crippen MR) is 110 cm³/mol. The molecule has 4 aromatic rings. The lowest BCUT2D eigenvalue weighted by molar-refractivity contribution is -0.131. The topological polar surface area (TPSA) is 132 Å². The van der Waals surface area contributed by atoms with Gasteiger partial charge in [0.05, 0.1) is 5.69 Å². The second-order valence-electron chi connectivity index (χ2n) is 7.27. The molecule has 11 nitrogen and oxygen atoms in total. The largest absolute Gasteiger partial charge is 0.337 e. The van der Waals surface area contributed by atoms with E-state index in [-0.39, 0.29) is 12.4 Å². The van der Waals surface area contributed by atoms with Crippen LogP contribution < -0.4 is 5.32 Å². The molecule has 12 heteroatoms. The van der Waals surface area contributed by atoms with Gasteiger partial charge in [0.2, 0.25) is 11.7 Å². The summed E-state index contributed by atoms with van der Waals surface area (Å²) in [7, 11) is 0. The van der Waals surface area contributed by atoms with Crippen LogP contribution in [0.25, 0.3) is 17.1 Å². The Balaban J connectivity index is 1.39. The quantitative estimate of drug-likeness (QED) is 0.458. The molecule has 160 valence electrons. The third-order valence-electron chi connectivity index (χ3n) is 5.18. The van der Waals surface area contributed by atoms with Crippen molar-refractivity contribution in [3.63, 3.8) is 0 Å². The minimum absolute atomic E-state index is 0.130. The van der Waals surface area contributed by atoms with Crippen molar-refractivity contribution in [2.75, 3.05) is 0 Å². The van der Waals surface area contributed by atoms with Crippen LogP contribution in [-0.2, 0) is 16.9 Å². The number of nitrogens with one attached hydrogen (secondary N) is 1. The Morgan fingerprint density at radius 3 is 2.72 bits per heavy atom. The Kier molecular flexibility index (Phi) is 4.67. The molecule has 0 radical (unpaired) electrons. The van der Waals surface area contributed by atoms with Gasteiger partial charge in [-0.3, -0.25) is 9.69 Å². The molecule has 5 rings (SSSR count). The number of aromatic nitrogens is 6. The lowest BCUT2D eigenvalue weighted by Gasteiger charge is -2.22. The van der Waals surface area contributed by atoms with Gasteiger partial charge in [0.1, 0.15) is 18.4 Å². The molecule has 1 aliphatic rings. The van der Waals surface area contributed by atoms with Gasteiger partial charge in [-0.15, -0.1) is 5.10 Å². The van der Waals surface area contributed by atoms with Crippen LogP contribution in [0.2, 0.25) is 5.02 Å². The highest BCUT2D eigenvalue weighted by Gasteiger charge is 2.49. The molecular weight excluding hydrogens is 436 g/mol. The highest BCUT2D eigenvalue weighted by Crippen LogP contribution is 2.31. The molecule has 32 heavy (non-hydrogen) atoms. The van der Waals surface area contributed by atoms with E-state index in [0.717, 1.165) is 4.90 Å². The second-order valence-corrected chi connectivity index (χ2v) is 7.71. The normalized spacial score (nSPS) is 18.2. The number of hydrogen-bond donors (Lipinski definition) is 1. The van der Waals surface area contributed by atoms with E-state index in [1.54, 1.807) is 55.5 Å². The number of carbonyl (C=O) groups is 2. The average Bonchev–Trinajstić information content (AvgIpc) is 3.53. The van der Waals surface area contributed by atoms with Crippen molar-refractivity contribution in [1.82, 2.24) is 40.6 Å². The maximum absolute atomic E-state index is 13.2. The van der Waals surface area contributed by atoms with Crippen molar-refractivity contribution in [2.45, 2.75) is 19.0 Å². The smallest absolute Gasteiger partial charge is 0.325 e. The molecule has 1 atom stereocenters. The summed E-state index contributed by atoms with van der Waals surface area (Å²) < 4.78 is 6.72. The summed E-state index contributed by atoms with van der Waals surface area (Å²) in [6.45, 7) is 1.48. The molecule has 0 saturated carbocycles. The number of nitrogens with zero attached hydrogens (tertiary/aromatic N) is 7. The monoisotopic (exact) mass is 450 g/mol. The van der Waals surface area contributed by atoms with E-state index in [1.165, 1.54) is 11.0 Å². The summed E-state index contributed by atoms with van der Waals surface area (Å²) in [4.78, 5) is 31.2. The van der Waals surface area contributed by atoms with Crippen molar-refractivity contribution in [1.29, 1.82) is 0 Å². The fourth-order valence-electron chi connectivity index (χ4n) is 3.45.